The van der Waals surface area contributed by atoms with Crippen LogP contribution >= 0.6 is 35.6 Å². The molecule has 2 aromatic rings. The summed E-state index contributed by atoms with van der Waals surface area (Å²) < 4.78 is 0. The van der Waals surface area contributed by atoms with E-state index < -0.39 is 0 Å². The van der Waals surface area contributed by atoms with Crippen LogP contribution in [0.15, 0.2) is 53.5 Å². The molecule has 7 heteroatoms. The second-order valence-electron chi connectivity index (χ2n) is 6.25. The second-order valence-corrected chi connectivity index (χ2v) is 6.69. The molecule has 0 saturated heterocycles. The number of carbonyl (C=O) groups is 1. The Bertz CT molecular complexity index is 797. The van der Waals surface area contributed by atoms with Gasteiger partial charge in [-0.2, -0.15) is 0 Å². The summed E-state index contributed by atoms with van der Waals surface area (Å²) in [5, 5.41) is 6.71. The van der Waals surface area contributed by atoms with E-state index in [4.69, 9.17) is 16.6 Å². The minimum Gasteiger partial charge on any atom is -0.357 e. The zero-order valence-electron chi connectivity index (χ0n) is 16.5. The molecule has 0 spiro atoms. The number of nitrogens with zero attached hydrogens (tertiary/aromatic N) is 2. The van der Waals surface area contributed by atoms with Crippen molar-refractivity contribution in [1.82, 2.24) is 15.5 Å². The predicted octanol–water partition coefficient (Wildman–Crippen LogP) is 3.96. The largest absolute Gasteiger partial charge is 0.357 e. The number of aliphatic imine (C=N–C) groups is 1. The molecule has 152 valence electrons. The van der Waals surface area contributed by atoms with E-state index in [-0.39, 0.29) is 29.9 Å². The monoisotopic (exact) mass is 514 g/mol. The van der Waals surface area contributed by atoms with Crippen LogP contribution in [-0.2, 0) is 13.0 Å². The van der Waals surface area contributed by atoms with Crippen LogP contribution in [0.1, 0.15) is 28.4 Å². The highest BCUT2D eigenvalue weighted by atomic mass is 127. The van der Waals surface area contributed by atoms with Crippen molar-refractivity contribution in [3.63, 3.8) is 0 Å². The average molecular weight is 515 g/mol. The average Bonchev–Trinajstić information content (AvgIpc) is 2.67. The van der Waals surface area contributed by atoms with E-state index in [1.165, 1.54) is 0 Å². The normalized spacial score (nSPS) is 10.8. The molecule has 0 aliphatic heterocycles. The van der Waals surface area contributed by atoms with Crippen molar-refractivity contribution in [2.75, 3.05) is 27.2 Å². The molecule has 2 aromatic carbocycles. The smallest absolute Gasteiger partial charge is 0.251 e. The summed E-state index contributed by atoms with van der Waals surface area (Å²) in [4.78, 5) is 18.6. The minimum absolute atomic E-state index is 0. The van der Waals surface area contributed by atoms with E-state index in [9.17, 15) is 4.79 Å². The van der Waals surface area contributed by atoms with Crippen molar-refractivity contribution in [1.29, 1.82) is 0 Å². The van der Waals surface area contributed by atoms with Crippen LogP contribution in [0.5, 0.6) is 0 Å². The van der Waals surface area contributed by atoms with Gasteiger partial charge in [-0.15, -0.1) is 24.0 Å². The number of halogens is 2. The number of benzene rings is 2. The molecule has 0 unspecified atom stereocenters. The molecule has 0 aromatic heterocycles. The Morgan fingerprint density at radius 3 is 2.54 bits per heavy atom. The first-order chi connectivity index (χ1) is 13.0. The predicted molar refractivity (Wildman–Crippen MR) is 128 cm³/mol. The minimum atomic E-state index is -0.0741. The third kappa shape index (κ3) is 7.67. The highest BCUT2D eigenvalue weighted by Crippen LogP contribution is 2.12. The van der Waals surface area contributed by atoms with Crippen LogP contribution in [0.3, 0.4) is 0 Å². The SMILES string of the molecule is CCNC(=NCCc1cccc(C(=O)NC)c1)N(C)Cc1cccc(Cl)c1.I. The van der Waals surface area contributed by atoms with Crippen molar-refractivity contribution in [3.8, 4) is 0 Å². The molecular weight excluding hydrogens is 487 g/mol. The number of hydrogen-bond acceptors (Lipinski definition) is 2. The van der Waals surface area contributed by atoms with Crippen molar-refractivity contribution in [3.05, 3.63) is 70.2 Å². The van der Waals surface area contributed by atoms with E-state index in [0.717, 1.165) is 41.6 Å². The van der Waals surface area contributed by atoms with E-state index in [0.29, 0.717) is 12.1 Å². The van der Waals surface area contributed by atoms with Gasteiger partial charge in [0.15, 0.2) is 5.96 Å². The third-order valence-electron chi connectivity index (χ3n) is 4.08. The summed E-state index contributed by atoms with van der Waals surface area (Å²) >= 11 is 6.07. The van der Waals surface area contributed by atoms with Gasteiger partial charge in [-0.3, -0.25) is 9.79 Å². The highest BCUT2D eigenvalue weighted by molar-refractivity contribution is 14.0. The van der Waals surface area contributed by atoms with Crippen molar-refractivity contribution in [2.45, 2.75) is 19.9 Å². The van der Waals surface area contributed by atoms with Gasteiger partial charge in [0.25, 0.3) is 5.91 Å². The Morgan fingerprint density at radius 1 is 1.14 bits per heavy atom. The zero-order valence-corrected chi connectivity index (χ0v) is 19.6. The number of carbonyl (C=O) groups excluding carboxylic acids is 1. The highest BCUT2D eigenvalue weighted by Gasteiger charge is 2.07. The van der Waals surface area contributed by atoms with Crippen molar-refractivity contribution < 1.29 is 4.79 Å². The molecule has 0 saturated carbocycles. The zero-order chi connectivity index (χ0) is 19.6. The Hall–Kier alpha value is -1.80. The summed E-state index contributed by atoms with van der Waals surface area (Å²) in [5.41, 5.74) is 2.89. The van der Waals surface area contributed by atoms with Gasteiger partial charge in [-0.05, 0) is 48.7 Å². The lowest BCUT2D eigenvalue weighted by Gasteiger charge is -2.22. The summed E-state index contributed by atoms with van der Waals surface area (Å²) in [7, 11) is 3.65. The maximum Gasteiger partial charge on any atom is 0.251 e. The van der Waals surface area contributed by atoms with Crippen LogP contribution in [0.2, 0.25) is 5.02 Å². The molecule has 0 aliphatic carbocycles. The van der Waals surface area contributed by atoms with Crippen molar-refractivity contribution in [2.24, 2.45) is 4.99 Å². The van der Waals surface area contributed by atoms with Gasteiger partial charge in [-0.1, -0.05) is 35.9 Å². The van der Waals surface area contributed by atoms with Gasteiger partial charge in [0.1, 0.15) is 0 Å². The van der Waals surface area contributed by atoms with Gasteiger partial charge in [0.2, 0.25) is 0 Å². The first-order valence-electron chi connectivity index (χ1n) is 9.08. The van der Waals surface area contributed by atoms with Crippen molar-refractivity contribution >= 4 is 47.4 Å². The van der Waals surface area contributed by atoms with Crippen LogP contribution in [0.25, 0.3) is 0 Å². The number of rotatable bonds is 7. The van der Waals surface area contributed by atoms with Gasteiger partial charge in [-0.25, -0.2) is 0 Å². The summed E-state index contributed by atoms with van der Waals surface area (Å²) in [6.07, 6.45) is 0.769. The Labute approximate surface area is 189 Å². The number of guanidine groups is 1. The van der Waals surface area contributed by atoms with Crippen LogP contribution in [-0.4, -0.2) is 44.0 Å². The Morgan fingerprint density at radius 2 is 1.86 bits per heavy atom. The van der Waals surface area contributed by atoms with Gasteiger partial charge >= 0.3 is 0 Å². The molecule has 0 fully saturated rings. The number of nitrogens with one attached hydrogen (secondary N) is 2. The first-order valence-corrected chi connectivity index (χ1v) is 9.46. The topological polar surface area (TPSA) is 56.7 Å². The maximum atomic E-state index is 11.8. The maximum absolute atomic E-state index is 11.8. The fourth-order valence-electron chi connectivity index (χ4n) is 2.76. The third-order valence-corrected chi connectivity index (χ3v) is 4.32. The summed E-state index contributed by atoms with van der Waals surface area (Å²) in [6, 6.07) is 15.5. The molecule has 0 heterocycles. The molecule has 5 nitrogen and oxygen atoms in total. The van der Waals surface area contributed by atoms with Gasteiger partial charge in [0, 0.05) is 44.3 Å². The molecule has 0 aliphatic rings. The molecule has 2 N–H and O–H groups in total. The Balaban J connectivity index is 0.00000392. The van der Waals surface area contributed by atoms with E-state index >= 15 is 0 Å². The number of amides is 1. The lowest BCUT2D eigenvalue weighted by Crippen LogP contribution is -2.38. The standard InChI is InChI=1S/C21H27ClN4O.HI/c1-4-24-21(26(3)15-17-8-6-10-19(22)14-17)25-12-11-16-7-5-9-18(13-16)20(27)23-2;/h5-10,13-14H,4,11-12,15H2,1-3H3,(H,23,27)(H,24,25);1H. The van der Waals surface area contributed by atoms with E-state index in [1.807, 2.05) is 49.5 Å². The van der Waals surface area contributed by atoms with E-state index in [2.05, 4.69) is 28.5 Å². The molecular formula is C21H28ClIN4O. The summed E-state index contributed by atoms with van der Waals surface area (Å²) in [5.74, 6) is 0.773. The number of hydrogen-bond donors (Lipinski definition) is 2. The molecule has 28 heavy (non-hydrogen) atoms. The summed E-state index contributed by atoms with van der Waals surface area (Å²) in [6.45, 7) is 4.21. The second kappa shape index (κ2) is 12.6. The quantitative estimate of drug-likeness (QED) is 0.334. The lowest BCUT2D eigenvalue weighted by molar-refractivity contribution is 0.0963. The molecule has 1 amide bonds. The fraction of sp³-hybridized carbons (Fsp3) is 0.333. The molecule has 0 atom stereocenters. The fourth-order valence-corrected chi connectivity index (χ4v) is 2.97. The van der Waals surface area contributed by atoms with Crippen LogP contribution in [0, 0.1) is 0 Å². The molecule has 0 radical (unpaired) electrons. The van der Waals surface area contributed by atoms with Crippen LogP contribution < -0.4 is 10.6 Å². The van der Waals surface area contributed by atoms with Gasteiger partial charge < -0.3 is 15.5 Å². The first kappa shape index (κ1) is 24.2. The molecule has 2 rings (SSSR count). The van der Waals surface area contributed by atoms with E-state index in [1.54, 1.807) is 7.05 Å². The molecule has 0 bridgehead atoms. The van der Waals surface area contributed by atoms with Gasteiger partial charge in [0.05, 0.1) is 0 Å². The lowest BCUT2D eigenvalue weighted by atomic mass is 10.1. The van der Waals surface area contributed by atoms with Crippen LogP contribution in [0.4, 0.5) is 0 Å². The Kier molecular flexibility index (Phi) is 10.9.